The first kappa shape index (κ1) is 8.74. The van der Waals surface area contributed by atoms with Crippen LogP contribution in [0.5, 0.6) is 0 Å². The Labute approximate surface area is 87.7 Å². The molecule has 13 heavy (non-hydrogen) atoms. The average molecular weight is 293 g/mol. The van der Waals surface area contributed by atoms with Gasteiger partial charge in [-0.05, 0) is 22.6 Å². The van der Waals surface area contributed by atoms with Crippen LogP contribution >= 0.6 is 22.6 Å². The SMILES string of the molecule is Fc1cc(I)c(C2OC=CO2)cn1. The van der Waals surface area contributed by atoms with Gasteiger partial charge in [0.15, 0.2) is 0 Å². The summed E-state index contributed by atoms with van der Waals surface area (Å²) in [5.74, 6) is -0.501. The van der Waals surface area contributed by atoms with Gasteiger partial charge in [-0.3, -0.25) is 0 Å². The minimum Gasteiger partial charge on any atom is -0.455 e. The van der Waals surface area contributed by atoms with Crippen LogP contribution in [0, 0.1) is 9.52 Å². The van der Waals surface area contributed by atoms with Gasteiger partial charge in [0, 0.05) is 15.8 Å². The number of ether oxygens (including phenoxy) is 2. The first-order valence-electron chi connectivity index (χ1n) is 3.54. The van der Waals surface area contributed by atoms with Gasteiger partial charge in [-0.2, -0.15) is 4.39 Å². The second-order valence-electron chi connectivity index (χ2n) is 2.40. The lowest BCUT2D eigenvalue weighted by molar-refractivity contribution is -0.0255. The highest BCUT2D eigenvalue weighted by Gasteiger charge is 2.19. The summed E-state index contributed by atoms with van der Waals surface area (Å²) in [4.78, 5) is 3.53. The fraction of sp³-hybridized carbons (Fsp3) is 0.125. The largest absolute Gasteiger partial charge is 0.455 e. The Balaban J connectivity index is 2.30. The Morgan fingerprint density at radius 1 is 1.38 bits per heavy atom. The lowest BCUT2D eigenvalue weighted by Gasteiger charge is -2.11. The van der Waals surface area contributed by atoms with Crippen molar-refractivity contribution in [2.75, 3.05) is 0 Å². The van der Waals surface area contributed by atoms with Crippen LogP contribution in [-0.4, -0.2) is 4.98 Å². The van der Waals surface area contributed by atoms with Gasteiger partial charge in [0.2, 0.25) is 5.95 Å². The van der Waals surface area contributed by atoms with Crippen molar-refractivity contribution in [1.29, 1.82) is 0 Å². The minimum atomic E-state index is -0.501. The van der Waals surface area contributed by atoms with Gasteiger partial charge in [-0.15, -0.1) is 0 Å². The molecular weight excluding hydrogens is 288 g/mol. The highest BCUT2D eigenvalue weighted by Crippen LogP contribution is 2.27. The second-order valence-corrected chi connectivity index (χ2v) is 3.57. The van der Waals surface area contributed by atoms with Gasteiger partial charge in [0.05, 0.1) is 5.56 Å². The zero-order chi connectivity index (χ0) is 9.26. The van der Waals surface area contributed by atoms with Gasteiger partial charge in [-0.25, -0.2) is 4.98 Å². The van der Waals surface area contributed by atoms with Crippen molar-refractivity contribution in [2.45, 2.75) is 6.29 Å². The maximum absolute atomic E-state index is 12.6. The summed E-state index contributed by atoms with van der Waals surface area (Å²) in [6, 6.07) is 1.33. The third-order valence-corrected chi connectivity index (χ3v) is 2.50. The molecule has 0 aliphatic carbocycles. The van der Waals surface area contributed by atoms with E-state index in [4.69, 9.17) is 9.47 Å². The second kappa shape index (κ2) is 3.49. The van der Waals surface area contributed by atoms with Crippen LogP contribution in [0.3, 0.4) is 0 Å². The Kier molecular flexibility index (Phi) is 2.34. The Bertz CT molecular complexity index is 348. The number of halogens is 2. The summed E-state index contributed by atoms with van der Waals surface area (Å²) in [6.07, 6.45) is 3.82. The van der Waals surface area contributed by atoms with E-state index in [9.17, 15) is 4.39 Å². The van der Waals surface area contributed by atoms with Crippen LogP contribution in [0.4, 0.5) is 4.39 Å². The summed E-state index contributed by atoms with van der Waals surface area (Å²) in [7, 11) is 0. The predicted molar refractivity (Wildman–Crippen MR) is 51.0 cm³/mol. The molecule has 0 saturated carbocycles. The first-order chi connectivity index (χ1) is 6.27. The smallest absolute Gasteiger partial charge is 0.268 e. The third-order valence-electron chi connectivity index (χ3n) is 1.56. The minimum absolute atomic E-state index is 0.486. The molecule has 2 heterocycles. The lowest BCUT2D eigenvalue weighted by Crippen LogP contribution is -2.02. The molecule has 1 aliphatic rings. The Morgan fingerprint density at radius 3 is 2.69 bits per heavy atom. The van der Waals surface area contributed by atoms with E-state index in [1.54, 1.807) is 0 Å². The molecule has 1 aliphatic heterocycles. The van der Waals surface area contributed by atoms with Crippen LogP contribution in [0.25, 0.3) is 0 Å². The highest BCUT2D eigenvalue weighted by molar-refractivity contribution is 14.1. The average Bonchev–Trinajstić information content (AvgIpc) is 2.56. The Morgan fingerprint density at radius 2 is 2.08 bits per heavy atom. The fourth-order valence-electron chi connectivity index (χ4n) is 0.977. The maximum Gasteiger partial charge on any atom is 0.268 e. The van der Waals surface area contributed by atoms with Crippen LogP contribution in [-0.2, 0) is 9.47 Å². The summed E-state index contributed by atoms with van der Waals surface area (Å²) in [6.45, 7) is 0. The van der Waals surface area contributed by atoms with E-state index >= 15 is 0 Å². The summed E-state index contributed by atoms with van der Waals surface area (Å²) < 4.78 is 23.5. The van der Waals surface area contributed by atoms with Crippen LogP contribution < -0.4 is 0 Å². The van der Waals surface area contributed by atoms with E-state index in [-0.39, 0.29) is 0 Å². The fourth-order valence-corrected chi connectivity index (χ4v) is 1.63. The monoisotopic (exact) mass is 293 g/mol. The molecular formula is C8H5FINO2. The molecule has 0 fully saturated rings. The molecule has 0 saturated heterocycles. The van der Waals surface area contributed by atoms with E-state index in [0.29, 0.717) is 0 Å². The predicted octanol–water partition coefficient (Wildman–Crippen LogP) is 2.34. The molecule has 2 rings (SSSR count). The van der Waals surface area contributed by atoms with Crippen molar-refractivity contribution in [2.24, 2.45) is 0 Å². The molecule has 0 atom stereocenters. The van der Waals surface area contributed by atoms with Crippen LogP contribution in [0.2, 0.25) is 0 Å². The van der Waals surface area contributed by atoms with Crippen LogP contribution in [0.1, 0.15) is 11.9 Å². The number of hydrogen-bond donors (Lipinski definition) is 0. The molecule has 0 spiro atoms. The van der Waals surface area contributed by atoms with Crippen molar-refractivity contribution < 1.29 is 13.9 Å². The molecule has 1 aromatic heterocycles. The van der Waals surface area contributed by atoms with Gasteiger partial charge < -0.3 is 9.47 Å². The molecule has 0 N–H and O–H groups in total. The van der Waals surface area contributed by atoms with E-state index in [2.05, 4.69) is 4.98 Å². The number of hydrogen-bond acceptors (Lipinski definition) is 3. The Hall–Kier alpha value is -0.850. The topological polar surface area (TPSA) is 31.4 Å². The number of aromatic nitrogens is 1. The van der Waals surface area contributed by atoms with Crippen molar-refractivity contribution >= 4 is 22.6 Å². The van der Waals surface area contributed by atoms with Gasteiger partial charge in [-0.1, -0.05) is 0 Å². The van der Waals surface area contributed by atoms with Crippen molar-refractivity contribution in [3.63, 3.8) is 0 Å². The molecule has 0 bridgehead atoms. The van der Waals surface area contributed by atoms with Gasteiger partial charge >= 0.3 is 0 Å². The van der Waals surface area contributed by atoms with E-state index < -0.39 is 12.2 Å². The van der Waals surface area contributed by atoms with Crippen LogP contribution in [0.15, 0.2) is 24.8 Å². The van der Waals surface area contributed by atoms with Gasteiger partial charge in [0.25, 0.3) is 6.29 Å². The highest BCUT2D eigenvalue weighted by atomic mass is 127. The van der Waals surface area contributed by atoms with E-state index in [0.717, 1.165) is 9.13 Å². The third kappa shape index (κ3) is 1.74. The maximum atomic E-state index is 12.6. The van der Waals surface area contributed by atoms with E-state index in [1.165, 1.54) is 24.8 Å². The standard InChI is InChI=1S/C8H5FINO2/c9-7-3-6(10)5(4-11-7)8-12-1-2-13-8/h1-4,8H. The zero-order valence-corrected chi connectivity index (χ0v) is 8.56. The number of nitrogens with zero attached hydrogens (tertiary/aromatic N) is 1. The summed E-state index contributed by atoms with van der Waals surface area (Å²) in [5.41, 5.74) is 0.729. The first-order valence-corrected chi connectivity index (χ1v) is 4.62. The number of pyridine rings is 1. The molecule has 0 radical (unpaired) electrons. The normalized spacial score (nSPS) is 15.5. The van der Waals surface area contributed by atoms with Crippen molar-refractivity contribution in [1.82, 2.24) is 4.98 Å². The molecule has 3 nitrogen and oxygen atoms in total. The molecule has 0 amide bonds. The molecule has 0 aromatic carbocycles. The number of rotatable bonds is 1. The zero-order valence-electron chi connectivity index (χ0n) is 6.41. The molecule has 5 heteroatoms. The summed E-state index contributed by atoms with van der Waals surface area (Å²) in [5, 5.41) is 0. The quantitative estimate of drug-likeness (QED) is 0.588. The van der Waals surface area contributed by atoms with E-state index in [1.807, 2.05) is 22.6 Å². The van der Waals surface area contributed by atoms with Gasteiger partial charge in [0.1, 0.15) is 12.5 Å². The lowest BCUT2D eigenvalue weighted by atomic mass is 10.3. The molecule has 68 valence electrons. The van der Waals surface area contributed by atoms with Crippen molar-refractivity contribution in [3.05, 3.63) is 39.9 Å². The molecule has 1 aromatic rings. The van der Waals surface area contributed by atoms with Crippen molar-refractivity contribution in [3.8, 4) is 0 Å². The summed E-state index contributed by atoms with van der Waals surface area (Å²) >= 11 is 2.01. The molecule has 0 unspecified atom stereocenters.